The number of aliphatic hydroxyl groups is 1. The molecular weight excluding hydrogens is 271 g/mol. The Balaban J connectivity index is 1.96. The lowest BCUT2D eigenvalue weighted by atomic mass is 9.96. The van der Waals surface area contributed by atoms with Gasteiger partial charge in [0, 0.05) is 18.6 Å². The van der Waals surface area contributed by atoms with Crippen molar-refractivity contribution in [2.45, 2.75) is 45.1 Å². The fourth-order valence-electron chi connectivity index (χ4n) is 2.84. The van der Waals surface area contributed by atoms with Gasteiger partial charge in [-0.3, -0.25) is 0 Å². The summed E-state index contributed by atoms with van der Waals surface area (Å²) in [7, 11) is 0. The van der Waals surface area contributed by atoms with E-state index in [0.29, 0.717) is 0 Å². The fourth-order valence-corrected chi connectivity index (χ4v) is 2.84. The van der Waals surface area contributed by atoms with Crippen LogP contribution < -0.4 is 10.6 Å². The maximum atomic E-state index is 13.7. The Morgan fingerprint density at radius 2 is 2.10 bits per heavy atom. The van der Waals surface area contributed by atoms with Crippen molar-refractivity contribution in [3.63, 3.8) is 0 Å². The zero-order valence-electron chi connectivity index (χ0n) is 12.4. The highest BCUT2D eigenvalue weighted by Gasteiger charge is 2.24. The van der Waals surface area contributed by atoms with Crippen LogP contribution in [-0.2, 0) is 0 Å². The topological polar surface area (TPSA) is 61.4 Å². The Morgan fingerprint density at radius 1 is 1.33 bits per heavy atom. The minimum absolute atomic E-state index is 0.0500. The normalized spacial score (nSPS) is 22.4. The molecule has 0 radical (unpaired) electrons. The molecule has 0 aromatic heterocycles. The van der Waals surface area contributed by atoms with Gasteiger partial charge < -0.3 is 15.7 Å². The second kappa shape index (κ2) is 7.41. The molecule has 0 bridgehead atoms. The molecule has 2 amide bonds. The van der Waals surface area contributed by atoms with Gasteiger partial charge in [0.15, 0.2) is 0 Å². The van der Waals surface area contributed by atoms with E-state index in [1.165, 1.54) is 6.07 Å². The molecule has 4 nitrogen and oxygen atoms in total. The van der Waals surface area contributed by atoms with Gasteiger partial charge in [0.2, 0.25) is 0 Å². The molecule has 0 aliphatic heterocycles. The van der Waals surface area contributed by atoms with E-state index in [1.807, 2.05) is 0 Å². The van der Waals surface area contributed by atoms with Crippen molar-refractivity contribution in [2.24, 2.45) is 5.92 Å². The van der Waals surface area contributed by atoms with Crippen LogP contribution in [0.2, 0.25) is 0 Å². The SMILES string of the molecule is Cc1ccc(NC(=O)NC2CCCCCC2CO)c(F)c1. The van der Waals surface area contributed by atoms with E-state index in [-0.39, 0.29) is 24.3 Å². The molecule has 1 aliphatic carbocycles. The molecule has 1 aromatic rings. The second-order valence-electron chi connectivity index (χ2n) is 5.77. The molecule has 116 valence electrons. The van der Waals surface area contributed by atoms with Crippen LogP contribution >= 0.6 is 0 Å². The summed E-state index contributed by atoms with van der Waals surface area (Å²) in [6, 6.07) is 4.23. The number of amides is 2. The van der Waals surface area contributed by atoms with Crippen molar-refractivity contribution < 1.29 is 14.3 Å². The van der Waals surface area contributed by atoms with E-state index >= 15 is 0 Å². The number of halogens is 1. The van der Waals surface area contributed by atoms with Crippen molar-refractivity contribution >= 4 is 11.7 Å². The van der Waals surface area contributed by atoms with Gasteiger partial charge in [-0.1, -0.05) is 25.3 Å². The lowest BCUT2D eigenvalue weighted by Gasteiger charge is -2.24. The van der Waals surface area contributed by atoms with Crippen LogP contribution in [0.25, 0.3) is 0 Å². The summed E-state index contributed by atoms with van der Waals surface area (Å²) in [5, 5.41) is 14.8. The number of hydrogen-bond acceptors (Lipinski definition) is 2. The number of carbonyl (C=O) groups is 1. The number of hydrogen-bond donors (Lipinski definition) is 3. The highest BCUT2D eigenvalue weighted by Crippen LogP contribution is 2.23. The second-order valence-corrected chi connectivity index (χ2v) is 5.77. The maximum absolute atomic E-state index is 13.7. The number of urea groups is 1. The van der Waals surface area contributed by atoms with Gasteiger partial charge >= 0.3 is 6.03 Å². The van der Waals surface area contributed by atoms with Crippen LogP contribution in [0.1, 0.15) is 37.7 Å². The van der Waals surface area contributed by atoms with Crippen LogP contribution in [-0.4, -0.2) is 23.8 Å². The summed E-state index contributed by atoms with van der Waals surface area (Å²) in [5.41, 5.74) is 0.981. The number of nitrogens with one attached hydrogen (secondary N) is 2. The van der Waals surface area contributed by atoms with Crippen molar-refractivity contribution in [1.82, 2.24) is 5.32 Å². The lowest BCUT2D eigenvalue weighted by Crippen LogP contribution is -2.43. The largest absolute Gasteiger partial charge is 0.396 e. The van der Waals surface area contributed by atoms with E-state index in [1.54, 1.807) is 19.1 Å². The smallest absolute Gasteiger partial charge is 0.319 e. The zero-order valence-corrected chi connectivity index (χ0v) is 12.4. The van der Waals surface area contributed by atoms with Crippen molar-refractivity contribution in [1.29, 1.82) is 0 Å². The quantitative estimate of drug-likeness (QED) is 0.750. The molecule has 1 aliphatic rings. The maximum Gasteiger partial charge on any atom is 0.319 e. The van der Waals surface area contributed by atoms with E-state index in [2.05, 4.69) is 10.6 Å². The Labute approximate surface area is 124 Å². The molecule has 1 aromatic carbocycles. The van der Waals surface area contributed by atoms with E-state index in [0.717, 1.165) is 37.7 Å². The zero-order chi connectivity index (χ0) is 15.2. The van der Waals surface area contributed by atoms with Crippen LogP contribution in [0.15, 0.2) is 18.2 Å². The molecule has 3 N–H and O–H groups in total. The van der Waals surface area contributed by atoms with Crippen molar-refractivity contribution in [3.8, 4) is 0 Å². The summed E-state index contributed by atoms with van der Waals surface area (Å²) in [6.45, 7) is 1.87. The highest BCUT2D eigenvalue weighted by molar-refractivity contribution is 5.89. The van der Waals surface area contributed by atoms with Gasteiger partial charge in [0.1, 0.15) is 5.82 Å². The van der Waals surface area contributed by atoms with Gasteiger partial charge in [0.25, 0.3) is 0 Å². The number of benzene rings is 1. The van der Waals surface area contributed by atoms with E-state index in [9.17, 15) is 14.3 Å². The Hall–Kier alpha value is -1.62. The van der Waals surface area contributed by atoms with Gasteiger partial charge in [-0.15, -0.1) is 0 Å². The highest BCUT2D eigenvalue weighted by atomic mass is 19.1. The number of anilines is 1. The lowest BCUT2D eigenvalue weighted by molar-refractivity contribution is 0.182. The van der Waals surface area contributed by atoms with Crippen LogP contribution in [0.4, 0.5) is 14.9 Å². The van der Waals surface area contributed by atoms with Crippen molar-refractivity contribution in [2.75, 3.05) is 11.9 Å². The first-order valence-electron chi connectivity index (χ1n) is 7.54. The first-order chi connectivity index (χ1) is 10.1. The van der Waals surface area contributed by atoms with Gasteiger partial charge in [0.05, 0.1) is 5.69 Å². The standard InChI is InChI=1S/C16H23FN2O2/c1-11-7-8-15(13(17)9-11)19-16(21)18-14-6-4-2-3-5-12(14)10-20/h7-9,12,14,20H,2-6,10H2,1H3,(H2,18,19,21). The Kier molecular flexibility index (Phi) is 5.56. The summed E-state index contributed by atoms with van der Waals surface area (Å²) in [4.78, 5) is 12.0. The average molecular weight is 294 g/mol. The predicted octanol–water partition coefficient (Wildman–Crippen LogP) is 3.20. The third-order valence-electron chi connectivity index (χ3n) is 4.08. The summed E-state index contributed by atoms with van der Waals surface area (Å²) >= 11 is 0. The number of aliphatic hydroxyl groups excluding tert-OH is 1. The van der Waals surface area contributed by atoms with Crippen LogP contribution in [0, 0.1) is 18.7 Å². The third kappa shape index (κ3) is 4.43. The first-order valence-corrected chi connectivity index (χ1v) is 7.54. The first kappa shape index (κ1) is 15.8. The fraction of sp³-hybridized carbons (Fsp3) is 0.562. The molecule has 21 heavy (non-hydrogen) atoms. The minimum atomic E-state index is -0.440. The monoisotopic (exact) mass is 294 g/mol. The molecule has 1 fully saturated rings. The molecule has 2 atom stereocenters. The number of rotatable bonds is 3. The van der Waals surface area contributed by atoms with E-state index in [4.69, 9.17) is 0 Å². The third-order valence-corrected chi connectivity index (χ3v) is 4.08. The Morgan fingerprint density at radius 3 is 2.81 bits per heavy atom. The number of carbonyl (C=O) groups excluding carboxylic acids is 1. The predicted molar refractivity (Wildman–Crippen MR) is 80.7 cm³/mol. The molecule has 2 rings (SSSR count). The van der Waals surface area contributed by atoms with Gasteiger partial charge in [-0.05, 0) is 37.5 Å². The number of aryl methyl sites for hydroxylation is 1. The molecule has 2 unspecified atom stereocenters. The summed E-state index contributed by atoms with van der Waals surface area (Å²) < 4.78 is 13.7. The van der Waals surface area contributed by atoms with Crippen molar-refractivity contribution in [3.05, 3.63) is 29.6 Å². The van der Waals surface area contributed by atoms with E-state index < -0.39 is 11.8 Å². The molecule has 1 saturated carbocycles. The van der Waals surface area contributed by atoms with Gasteiger partial charge in [-0.2, -0.15) is 0 Å². The molecule has 5 heteroatoms. The molecule has 0 spiro atoms. The average Bonchev–Trinajstić information content (AvgIpc) is 2.67. The molecule has 0 saturated heterocycles. The van der Waals surface area contributed by atoms with Crippen LogP contribution in [0.5, 0.6) is 0 Å². The Bertz CT molecular complexity index is 493. The molecular formula is C16H23FN2O2. The minimum Gasteiger partial charge on any atom is -0.396 e. The molecule has 0 heterocycles. The summed E-state index contributed by atoms with van der Waals surface area (Å²) in [6.07, 6.45) is 5.02. The summed E-state index contributed by atoms with van der Waals surface area (Å²) in [5.74, 6) is -0.356. The van der Waals surface area contributed by atoms with Crippen LogP contribution in [0.3, 0.4) is 0 Å². The van der Waals surface area contributed by atoms with Gasteiger partial charge in [-0.25, -0.2) is 9.18 Å².